The average molecular weight is 339 g/mol. The van der Waals surface area contributed by atoms with Gasteiger partial charge in [-0.15, -0.1) is 11.6 Å². The maximum absolute atomic E-state index is 13.4. The van der Waals surface area contributed by atoms with Crippen LogP contribution >= 0.6 is 23.2 Å². The first kappa shape index (κ1) is 15.1. The standard InChI is InChI=1S/C16H13Cl2FN2O/c1-22-16-5-2-11(18)6-10(16)9-21-15-4-3-12(19)7-13(15)14(8-17)20-21/h2-7H,8-9H2,1H3. The highest BCUT2D eigenvalue weighted by Gasteiger charge is 2.13. The molecular formula is C16H13Cl2FN2O. The molecule has 0 radical (unpaired) electrons. The van der Waals surface area contributed by atoms with E-state index in [0.29, 0.717) is 17.3 Å². The Morgan fingerprint density at radius 2 is 2.05 bits per heavy atom. The van der Waals surface area contributed by atoms with E-state index in [4.69, 9.17) is 27.9 Å². The Balaban J connectivity index is 2.10. The van der Waals surface area contributed by atoms with E-state index in [2.05, 4.69) is 5.10 Å². The van der Waals surface area contributed by atoms with Crippen molar-refractivity contribution in [1.29, 1.82) is 0 Å². The summed E-state index contributed by atoms with van der Waals surface area (Å²) in [5, 5.41) is 5.81. The summed E-state index contributed by atoms with van der Waals surface area (Å²) >= 11 is 12.0. The number of rotatable bonds is 4. The van der Waals surface area contributed by atoms with Crippen LogP contribution in [0.3, 0.4) is 0 Å². The first-order valence-corrected chi connectivity index (χ1v) is 7.57. The van der Waals surface area contributed by atoms with Crippen LogP contribution in [0.4, 0.5) is 4.39 Å². The van der Waals surface area contributed by atoms with Crippen LogP contribution < -0.4 is 4.74 Å². The number of alkyl halides is 1. The number of ether oxygens (including phenoxy) is 1. The fraction of sp³-hybridized carbons (Fsp3) is 0.188. The molecule has 3 aromatic rings. The van der Waals surface area contributed by atoms with Gasteiger partial charge in [0.05, 0.1) is 30.7 Å². The van der Waals surface area contributed by atoms with Gasteiger partial charge in [0.1, 0.15) is 11.6 Å². The number of benzene rings is 2. The second-order valence-corrected chi connectivity index (χ2v) is 5.56. The lowest BCUT2D eigenvalue weighted by Gasteiger charge is -2.10. The second-order valence-electron chi connectivity index (χ2n) is 4.86. The molecule has 0 unspecified atom stereocenters. The largest absolute Gasteiger partial charge is 0.496 e. The fourth-order valence-corrected chi connectivity index (χ4v) is 2.86. The Labute approximate surface area is 137 Å². The molecule has 0 aliphatic heterocycles. The molecule has 2 aromatic carbocycles. The van der Waals surface area contributed by atoms with Gasteiger partial charge in [0.2, 0.25) is 0 Å². The lowest BCUT2D eigenvalue weighted by Crippen LogP contribution is -2.04. The number of hydrogen-bond acceptors (Lipinski definition) is 2. The van der Waals surface area contributed by atoms with Crippen LogP contribution in [0.25, 0.3) is 10.9 Å². The predicted octanol–water partition coefficient (Wildman–Crippen LogP) is 4.62. The molecule has 0 bridgehead atoms. The number of halogens is 3. The highest BCUT2D eigenvalue weighted by molar-refractivity contribution is 6.30. The van der Waals surface area contributed by atoms with Gasteiger partial charge in [0.15, 0.2) is 0 Å². The van der Waals surface area contributed by atoms with Crippen molar-refractivity contribution in [2.45, 2.75) is 12.4 Å². The van der Waals surface area contributed by atoms with E-state index in [1.807, 2.05) is 12.1 Å². The van der Waals surface area contributed by atoms with Crippen molar-refractivity contribution in [1.82, 2.24) is 9.78 Å². The Morgan fingerprint density at radius 1 is 1.23 bits per heavy atom. The molecule has 0 N–H and O–H groups in total. The molecule has 0 fully saturated rings. The fourth-order valence-electron chi connectivity index (χ4n) is 2.47. The van der Waals surface area contributed by atoms with E-state index >= 15 is 0 Å². The first-order chi connectivity index (χ1) is 10.6. The zero-order valence-corrected chi connectivity index (χ0v) is 13.3. The van der Waals surface area contributed by atoms with Gasteiger partial charge in [-0.05, 0) is 36.4 Å². The molecule has 6 heteroatoms. The van der Waals surface area contributed by atoms with Gasteiger partial charge in [0, 0.05) is 16.0 Å². The smallest absolute Gasteiger partial charge is 0.124 e. The lowest BCUT2D eigenvalue weighted by molar-refractivity contribution is 0.407. The van der Waals surface area contributed by atoms with Gasteiger partial charge in [-0.2, -0.15) is 5.10 Å². The summed E-state index contributed by atoms with van der Waals surface area (Å²) in [7, 11) is 1.60. The Bertz CT molecular complexity index is 832. The summed E-state index contributed by atoms with van der Waals surface area (Å²) in [4.78, 5) is 0. The highest BCUT2D eigenvalue weighted by Crippen LogP contribution is 2.26. The summed E-state index contributed by atoms with van der Waals surface area (Å²) in [6.45, 7) is 0.461. The molecule has 0 spiro atoms. The lowest BCUT2D eigenvalue weighted by atomic mass is 10.2. The van der Waals surface area contributed by atoms with Crippen LogP contribution in [0.5, 0.6) is 5.75 Å². The summed E-state index contributed by atoms with van der Waals surface area (Å²) in [6.07, 6.45) is 0. The van der Waals surface area contributed by atoms with Crippen LogP contribution in [-0.2, 0) is 12.4 Å². The molecule has 0 aliphatic rings. The van der Waals surface area contributed by atoms with E-state index in [9.17, 15) is 4.39 Å². The highest BCUT2D eigenvalue weighted by atomic mass is 35.5. The molecule has 0 saturated heterocycles. The number of fused-ring (bicyclic) bond motifs is 1. The maximum Gasteiger partial charge on any atom is 0.124 e. The monoisotopic (exact) mass is 338 g/mol. The number of nitrogens with zero attached hydrogens (tertiary/aromatic N) is 2. The molecule has 0 amide bonds. The van der Waals surface area contributed by atoms with Crippen LogP contribution in [0.15, 0.2) is 36.4 Å². The van der Waals surface area contributed by atoms with Crippen LogP contribution in [0.1, 0.15) is 11.3 Å². The minimum Gasteiger partial charge on any atom is -0.496 e. The topological polar surface area (TPSA) is 27.1 Å². The Morgan fingerprint density at radius 3 is 2.77 bits per heavy atom. The van der Waals surface area contributed by atoms with Gasteiger partial charge < -0.3 is 4.74 Å². The van der Waals surface area contributed by atoms with Crippen molar-refractivity contribution in [3.8, 4) is 5.75 Å². The molecular weight excluding hydrogens is 326 g/mol. The summed E-state index contributed by atoms with van der Waals surface area (Å²) in [5.41, 5.74) is 2.36. The average Bonchev–Trinajstić information content (AvgIpc) is 2.84. The molecule has 3 nitrogen and oxygen atoms in total. The molecule has 0 aliphatic carbocycles. The van der Waals surface area contributed by atoms with E-state index in [1.54, 1.807) is 23.9 Å². The maximum atomic E-state index is 13.4. The Hall–Kier alpha value is -1.78. The second kappa shape index (κ2) is 6.15. The summed E-state index contributed by atoms with van der Waals surface area (Å²) < 4.78 is 20.6. The molecule has 0 atom stereocenters. The van der Waals surface area contributed by atoms with Crippen molar-refractivity contribution in [2.75, 3.05) is 7.11 Å². The van der Waals surface area contributed by atoms with Crippen LogP contribution in [-0.4, -0.2) is 16.9 Å². The molecule has 1 heterocycles. The minimum absolute atomic E-state index is 0.222. The van der Waals surface area contributed by atoms with Crippen molar-refractivity contribution in [3.63, 3.8) is 0 Å². The van der Waals surface area contributed by atoms with Crippen molar-refractivity contribution in [3.05, 3.63) is 58.5 Å². The van der Waals surface area contributed by atoms with Gasteiger partial charge in [-0.1, -0.05) is 11.6 Å². The number of aromatic nitrogens is 2. The van der Waals surface area contributed by atoms with E-state index < -0.39 is 0 Å². The third kappa shape index (κ3) is 2.76. The molecule has 3 rings (SSSR count). The van der Waals surface area contributed by atoms with Gasteiger partial charge >= 0.3 is 0 Å². The molecule has 0 saturated carbocycles. The normalized spacial score (nSPS) is 11.1. The summed E-state index contributed by atoms with van der Waals surface area (Å²) in [5.74, 6) is 0.640. The quantitative estimate of drug-likeness (QED) is 0.649. The van der Waals surface area contributed by atoms with Crippen molar-refractivity contribution < 1.29 is 9.13 Å². The minimum atomic E-state index is -0.307. The third-order valence-corrected chi connectivity index (χ3v) is 3.97. The van der Waals surface area contributed by atoms with Crippen LogP contribution in [0.2, 0.25) is 5.02 Å². The van der Waals surface area contributed by atoms with E-state index in [0.717, 1.165) is 22.2 Å². The van der Waals surface area contributed by atoms with E-state index in [1.165, 1.54) is 12.1 Å². The number of methoxy groups -OCH3 is 1. The first-order valence-electron chi connectivity index (χ1n) is 6.65. The zero-order valence-electron chi connectivity index (χ0n) is 11.8. The van der Waals surface area contributed by atoms with Gasteiger partial charge in [-0.25, -0.2) is 4.39 Å². The predicted molar refractivity (Wildman–Crippen MR) is 86.4 cm³/mol. The van der Waals surface area contributed by atoms with Crippen molar-refractivity contribution >= 4 is 34.1 Å². The Kier molecular flexibility index (Phi) is 4.23. The molecule has 1 aromatic heterocycles. The molecule has 22 heavy (non-hydrogen) atoms. The SMILES string of the molecule is COc1ccc(Cl)cc1Cn1nc(CCl)c2cc(F)ccc21. The van der Waals surface area contributed by atoms with Gasteiger partial charge in [0.25, 0.3) is 0 Å². The molecule has 114 valence electrons. The third-order valence-electron chi connectivity index (χ3n) is 3.48. The van der Waals surface area contributed by atoms with E-state index in [-0.39, 0.29) is 11.7 Å². The van der Waals surface area contributed by atoms with Crippen molar-refractivity contribution in [2.24, 2.45) is 0 Å². The zero-order chi connectivity index (χ0) is 15.7. The van der Waals surface area contributed by atoms with Gasteiger partial charge in [-0.3, -0.25) is 4.68 Å². The summed E-state index contributed by atoms with van der Waals surface area (Å²) in [6, 6.07) is 9.97. The van der Waals surface area contributed by atoms with Crippen LogP contribution in [0, 0.1) is 5.82 Å². The number of hydrogen-bond donors (Lipinski definition) is 0.